The number of hydrogen-bond donors (Lipinski definition) is 3. The molecule has 2 amide bonds. The number of hydrogen-bond acceptors (Lipinski definition) is 9. The fraction of sp³-hybridized carbons (Fsp3) is 0.323. The first-order chi connectivity index (χ1) is 22.3. The molecule has 0 saturated carbocycles. The number of methoxy groups -OCH3 is 2. The molecular formula is C31H33F2N7O6. The van der Waals surface area contributed by atoms with E-state index in [0.29, 0.717) is 60.3 Å². The number of carbonyl (C=O) groups is 3. The number of benzene rings is 2. The molecule has 2 aromatic heterocycles. The summed E-state index contributed by atoms with van der Waals surface area (Å²) in [6, 6.07) is 7.76. The normalized spacial score (nSPS) is 16.0. The number of aromatic nitrogens is 3. The molecule has 0 radical (unpaired) electrons. The molecule has 0 bridgehead atoms. The Morgan fingerprint density at radius 2 is 1.74 bits per heavy atom. The Kier molecular flexibility index (Phi) is 9.91. The van der Waals surface area contributed by atoms with E-state index in [1.165, 1.54) is 38.7 Å². The Balaban J connectivity index is 0.00000134. The molecule has 2 aliphatic heterocycles. The zero-order valence-corrected chi connectivity index (χ0v) is 25.2. The van der Waals surface area contributed by atoms with E-state index in [2.05, 4.69) is 20.6 Å². The maximum atomic E-state index is 14.8. The van der Waals surface area contributed by atoms with Gasteiger partial charge in [-0.2, -0.15) is 4.39 Å². The van der Waals surface area contributed by atoms with E-state index in [4.69, 9.17) is 19.4 Å². The molecule has 4 aromatic rings. The number of ether oxygens (including phenoxy) is 2. The van der Waals surface area contributed by atoms with E-state index < -0.39 is 11.6 Å². The van der Waals surface area contributed by atoms with Crippen molar-refractivity contribution in [3.8, 4) is 22.8 Å². The van der Waals surface area contributed by atoms with Gasteiger partial charge in [0.25, 0.3) is 12.4 Å². The van der Waals surface area contributed by atoms with E-state index in [-0.39, 0.29) is 35.6 Å². The molecule has 2 aromatic carbocycles. The van der Waals surface area contributed by atoms with Crippen molar-refractivity contribution < 1.29 is 37.7 Å². The molecule has 2 saturated heterocycles. The lowest BCUT2D eigenvalue weighted by Crippen LogP contribution is -2.54. The van der Waals surface area contributed by atoms with Gasteiger partial charge in [-0.3, -0.25) is 18.8 Å². The fourth-order valence-corrected chi connectivity index (χ4v) is 5.59. The molecule has 15 heteroatoms. The Labute approximate surface area is 262 Å². The standard InChI is InChI=1S/C30H31F2N7O4.CH2O2/c1-42-23-8-7-19(25(31)26(23)32)22-17-35-28-27(34-10-11-39(22)28)36-18-5-6-20(24(16-18)43-2)29(40)37-12-14-38(15-13-37)30(41)21-4-3-9-33-21;2-1-3/h5-8,10-11,16-17,21,33H,3-4,9,12-15H2,1-2H3,(H,34,36);1H,(H,2,3)/t21-;/m0./s1. The molecule has 6 rings (SSSR count). The van der Waals surface area contributed by atoms with Gasteiger partial charge in [-0.1, -0.05) is 0 Å². The van der Waals surface area contributed by atoms with E-state index in [9.17, 15) is 18.4 Å². The van der Waals surface area contributed by atoms with Crippen molar-refractivity contribution in [3.63, 3.8) is 0 Å². The van der Waals surface area contributed by atoms with Crippen molar-refractivity contribution in [2.45, 2.75) is 18.9 Å². The predicted molar refractivity (Wildman–Crippen MR) is 163 cm³/mol. The first-order valence-corrected chi connectivity index (χ1v) is 14.5. The summed E-state index contributed by atoms with van der Waals surface area (Å²) in [5.74, 6) is -1.66. The van der Waals surface area contributed by atoms with Crippen molar-refractivity contribution in [3.05, 3.63) is 66.1 Å². The SMILES string of the molecule is COc1cc(Nc2nccn3c(-c4ccc(OC)c(F)c4F)cnc23)ccc1C(=O)N1CCN(C(=O)[C@@H]2CCCN2)CC1.O=CO. The third-order valence-electron chi connectivity index (χ3n) is 7.90. The molecule has 1 atom stereocenters. The number of anilines is 2. The third kappa shape index (κ3) is 6.40. The second-order valence-electron chi connectivity index (χ2n) is 10.5. The van der Waals surface area contributed by atoms with Crippen LogP contribution in [0.3, 0.4) is 0 Å². The lowest BCUT2D eigenvalue weighted by Gasteiger charge is -2.36. The summed E-state index contributed by atoms with van der Waals surface area (Å²) in [5.41, 5.74) is 1.72. The van der Waals surface area contributed by atoms with E-state index >= 15 is 0 Å². The lowest BCUT2D eigenvalue weighted by atomic mass is 10.1. The van der Waals surface area contributed by atoms with Crippen LogP contribution in [-0.4, -0.2) is 101 Å². The van der Waals surface area contributed by atoms with E-state index in [1.807, 2.05) is 4.90 Å². The van der Waals surface area contributed by atoms with Gasteiger partial charge in [-0.15, -0.1) is 0 Å². The van der Waals surface area contributed by atoms with Gasteiger partial charge in [0.15, 0.2) is 23.0 Å². The van der Waals surface area contributed by atoms with Crippen molar-refractivity contribution in [2.75, 3.05) is 52.3 Å². The number of halogens is 2. The topological polar surface area (TPSA) is 151 Å². The minimum Gasteiger partial charge on any atom is -0.496 e. The summed E-state index contributed by atoms with van der Waals surface area (Å²) in [6.07, 6.45) is 6.40. The lowest BCUT2D eigenvalue weighted by molar-refractivity contribution is -0.134. The quantitative estimate of drug-likeness (QED) is 0.258. The van der Waals surface area contributed by atoms with E-state index in [0.717, 1.165) is 19.4 Å². The molecule has 13 nitrogen and oxygen atoms in total. The molecule has 0 aliphatic carbocycles. The number of rotatable bonds is 7. The number of imidazole rings is 1. The van der Waals surface area contributed by atoms with Crippen LogP contribution in [0.2, 0.25) is 0 Å². The van der Waals surface area contributed by atoms with Crippen LogP contribution in [0.25, 0.3) is 16.9 Å². The zero-order chi connectivity index (χ0) is 32.8. The second-order valence-corrected chi connectivity index (χ2v) is 10.5. The smallest absolute Gasteiger partial charge is 0.290 e. The first-order valence-electron chi connectivity index (χ1n) is 14.5. The van der Waals surface area contributed by atoms with Crippen LogP contribution in [-0.2, 0) is 9.59 Å². The molecule has 46 heavy (non-hydrogen) atoms. The summed E-state index contributed by atoms with van der Waals surface area (Å²) in [5, 5.41) is 13.3. The monoisotopic (exact) mass is 637 g/mol. The van der Waals surface area contributed by atoms with Crippen LogP contribution in [0.15, 0.2) is 48.9 Å². The first kappa shape index (κ1) is 32.1. The Hall–Kier alpha value is -5.31. The number of piperazine rings is 1. The minimum absolute atomic E-state index is 0.0212. The number of carbonyl (C=O) groups excluding carboxylic acids is 2. The molecular weight excluding hydrogens is 604 g/mol. The predicted octanol–water partition coefficient (Wildman–Crippen LogP) is 3.17. The molecule has 2 aliphatic rings. The van der Waals surface area contributed by atoms with Crippen molar-refractivity contribution in [1.82, 2.24) is 29.5 Å². The highest BCUT2D eigenvalue weighted by Crippen LogP contribution is 2.32. The molecule has 242 valence electrons. The van der Waals surface area contributed by atoms with Gasteiger partial charge in [-0.25, -0.2) is 14.4 Å². The zero-order valence-electron chi connectivity index (χ0n) is 25.2. The van der Waals surface area contributed by atoms with Crippen LogP contribution >= 0.6 is 0 Å². The van der Waals surface area contributed by atoms with Crippen LogP contribution < -0.4 is 20.1 Å². The number of fused-ring (bicyclic) bond motifs is 1. The van der Waals surface area contributed by atoms with Gasteiger partial charge >= 0.3 is 0 Å². The van der Waals surface area contributed by atoms with Gasteiger partial charge in [0.2, 0.25) is 11.7 Å². The third-order valence-corrected chi connectivity index (χ3v) is 7.90. The second kappa shape index (κ2) is 14.2. The molecule has 4 heterocycles. The molecule has 0 spiro atoms. The molecule has 3 N–H and O–H groups in total. The van der Waals surface area contributed by atoms with Gasteiger partial charge < -0.3 is 35.0 Å². The van der Waals surface area contributed by atoms with Crippen LogP contribution in [0.4, 0.5) is 20.3 Å². The average molecular weight is 638 g/mol. The van der Waals surface area contributed by atoms with Gasteiger partial charge in [0.1, 0.15) is 5.75 Å². The van der Waals surface area contributed by atoms with Crippen molar-refractivity contribution in [2.24, 2.45) is 0 Å². The molecule has 0 unspecified atom stereocenters. The minimum atomic E-state index is -1.08. The van der Waals surface area contributed by atoms with Crippen LogP contribution in [0, 0.1) is 11.6 Å². The largest absolute Gasteiger partial charge is 0.496 e. The highest BCUT2D eigenvalue weighted by atomic mass is 19.2. The summed E-state index contributed by atoms with van der Waals surface area (Å²) in [6.45, 7) is 2.46. The Morgan fingerprint density at radius 3 is 2.41 bits per heavy atom. The number of amides is 2. The van der Waals surface area contributed by atoms with Gasteiger partial charge in [0, 0.05) is 55.9 Å². The maximum absolute atomic E-state index is 14.8. The summed E-state index contributed by atoms with van der Waals surface area (Å²) in [7, 11) is 2.76. The van der Waals surface area contributed by atoms with Crippen molar-refractivity contribution >= 4 is 35.4 Å². The number of carboxylic acid groups (broad SMARTS) is 1. The Morgan fingerprint density at radius 1 is 1.02 bits per heavy atom. The average Bonchev–Trinajstić information content (AvgIpc) is 3.77. The highest BCUT2D eigenvalue weighted by molar-refractivity contribution is 5.98. The fourth-order valence-electron chi connectivity index (χ4n) is 5.59. The molecule has 2 fully saturated rings. The number of nitrogens with zero attached hydrogens (tertiary/aromatic N) is 5. The summed E-state index contributed by atoms with van der Waals surface area (Å²) < 4.78 is 41.3. The van der Waals surface area contributed by atoms with Gasteiger partial charge in [0.05, 0.1) is 37.7 Å². The van der Waals surface area contributed by atoms with Crippen LogP contribution in [0.5, 0.6) is 11.5 Å². The summed E-state index contributed by atoms with van der Waals surface area (Å²) in [4.78, 5) is 46.8. The highest BCUT2D eigenvalue weighted by Gasteiger charge is 2.31. The van der Waals surface area contributed by atoms with Crippen molar-refractivity contribution in [1.29, 1.82) is 0 Å². The number of nitrogens with one attached hydrogen (secondary N) is 2. The van der Waals surface area contributed by atoms with E-state index in [1.54, 1.807) is 33.7 Å². The Bertz CT molecular complexity index is 1740. The summed E-state index contributed by atoms with van der Waals surface area (Å²) >= 11 is 0. The van der Waals surface area contributed by atoms with Crippen LogP contribution in [0.1, 0.15) is 23.2 Å². The van der Waals surface area contributed by atoms with Gasteiger partial charge in [-0.05, 0) is 43.7 Å². The maximum Gasteiger partial charge on any atom is 0.290 e.